The summed E-state index contributed by atoms with van der Waals surface area (Å²) in [7, 11) is 0. The van der Waals surface area contributed by atoms with Crippen LogP contribution in [-0.2, 0) is 4.79 Å². The summed E-state index contributed by atoms with van der Waals surface area (Å²) in [4.78, 5) is 34.2. The minimum absolute atomic E-state index is 0.00893. The average Bonchev–Trinajstić information content (AvgIpc) is 2.31. The summed E-state index contributed by atoms with van der Waals surface area (Å²) in [6.45, 7) is 0. The van der Waals surface area contributed by atoms with E-state index in [1.54, 1.807) is 0 Å². The van der Waals surface area contributed by atoms with Gasteiger partial charge in [-0.3, -0.25) is 14.4 Å². The van der Waals surface area contributed by atoms with Crippen molar-refractivity contribution in [3.05, 3.63) is 41.0 Å². The van der Waals surface area contributed by atoms with E-state index in [4.69, 9.17) is 5.11 Å². The van der Waals surface area contributed by atoms with E-state index in [2.05, 4.69) is 0 Å². The van der Waals surface area contributed by atoms with Crippen LogP contribution in [0.4, 0.5) is 0 Å². The van der Waals surface area contributed by atoms with Crippen LogP contribution in [0.3, 0.4) is 0 Å². The van der Waals surface area contributed by atoms with Crippen molar-refractivity contribution in [3.8, 4) is 5.75 Å². The molecule has 5 heteroatoms. The van der Waals surface area contributed by atoms with Gasteiger partial charge in [-0.15, -0.1) is 0 Å². The highest BCUT2D eigenvalue weighted by molar-refractivity contribution is 6.25. The van der Waals surface area contributed by atoms with Crippen LogP contribution in [0.5, 0.6) is 5.75 Å². The van der Waals surface area contributed by atoms with Crippen molar-refractivity contribution in [1.82, 2.24) is 0 Å². The zero-order chi connectivity index (χ0) is 13.3. The number of carboxylic acids is 1. The van der Waals surface area contributed by atoms with Crippen LogP contribution >= 0.6 is 0 Å². The number of ketones is 2. The molecular formula is C13H10O5. The molecule has 0 spiro atoms. The summed E-state index contributed by atoms with van der Waals surface area (Å²) in [6.07, 6.45) is 0.904. The fourth-order valence-corrected chi connectivity index (χ4v) is 1.88. The van der Waals surface area contributed by atoms with E-state index in [-0.39, 0.29) is 35.3 Å². The molecule has 2 N–H and O–H groups in total. The number of rotatable bonds is 3. The maximum absolute atomic E-state index is 12.0. The number of phenols is 1. The van der Waals surface area contributed by atoms with Gasteiger partial charge in [0.1, 0.15) is 5.75 Å². The molecule has 0 amide bonds. The number of phenolic OH excluding ortho intramolecular Hbond substituents is 1. The summed E-state index contributed by atoms with van der Waals surface area (Å²) in [5.74, 6) is -2.14. The number of carbonyl (C=O) groups excluding carboxylic acids is 2. The van der Waals surface area contributed by atoms with Crippen molar-refractivity contribution in [2.75, 3.05) is 0 Å². The van der Waals surface area contributed by atoms with Crippen LogP contribution in [-0.4, -0.2) is 27.7 Å². The Hall–Kier alpha value is -2.43. The molecule has 0 fully saturated rings. The zero-order valence-corrected chi connectivity index (χ0v) is 9.34. The van der Waals surface area contributed by atoms with Gasteiger partial charge in [-0.05, 0) is 18.6 Å². The summed E-state index contributed by atoms with van der Waals surface area (Å²) in [6, 6.07) is 4.25. The van der Waals surface area contributed by atoms with Gasteiger partial charge in [0.2, 0.25) is 0 Å². The van der Waals surface area contributed by atoms with Gasteiger partial charge < -0.3 is 10.2 Å². The molecule has 0 atom stereocenters. The molecule has 0 unspecified atom stereocenters. The molecule has 0 saturated heterocycles. The molecule has 0 aliphatic heterocycles. The molecule has 1 aliphatic carbocycles. The standard InChI is InChI=1S/C13H10O5/c14-9-3-1-2-8-12(9)10(15)6-7(13(8)18)4-5-11(16)17/h1-3,6,14H,4-5H2,(H,16,17). The minimum Gasteiger partial charge on any atom is -0.507 e. The molecule has 5 nitrogen and oxygen atoms in total. The number of aromatic hydroxyl groups is 1. The lowest BCUT2D eigenvalue weighted by atomic mass is 9.87. The van der Waals surface area contributed by atoms with E-state index in [0.717, 1.165) is 6.08 Å². The van der Waals surface area contributed by atoms with Crippen LogP contribution < -0.4 is 0 Å². The third-order valence-corrected chi connectivity index (χ3v) is 2.74. The Labute approximate surface area is 102 Å². The number of allylic oxidation sites excluding steroid dienone is 2. The number of fused-ring (bicyclic) bond motifs is 1. The van der Waals surface area contributed by atoms with Gasteiger partial charge in [0.05, 0.1) is 5.56 Å². The number of carbonyl (C=O) groups is 3. The third-order valence-electron chi connectivity index (χ3n) is 2.74. The molecule has 1 aromatic rings. The fraction of sp³-hybridized carbons (Fsp3) is 0.154. The number of Topliss-reactive ketones (excluding diaryl/α,β-unsaturated/α-hetero) is 1. The van der Waals surface area contributed by atoms with E-state index in [0.29, 0.717) is 0 Å². The number of hydrogen-bond donors (Lipinski definition) is 2. The highest BCUT2D eigenvalue weighted by Crippen LogP contribution is 2.29. The molecule has 1 aliphatic rings. The lowest BCUT2D eigenvalue weighted by Gasteiger charge is -2.15. The minimum atomic E-state index is -1.03. The third kappa shape index (κ3) is 2.02. The van der Waals surface area contributed by atoms with Crippen molar-refractivity contribution in [2.45, 2.75) is 12.8 Å². The average molecular weight is 246 g/mol. The van der Waals surface area contributed by atoms with Crippen molar-refractivity contribution in [2.24, 2.45) is 0 Å². The van der Waals surface area contributed by atoms with Crippen molar-refractivity contribution < 1.29 is 24.6 Å². The van der Waals surface area contributed by atoms with Gasteiger partial charge in [-0.25, -0.2) is 0 Å². The maximum atomic E-state index is 12.0. The highest BCUT2D eigenvalue weighted by atomic mass is 16.4. The Morgan fingerprint density at radius 3 is 2.61 bits per heavy atom. The summed E-state index contributed by atoms with van der Waals surface area (Å²) in [5.41, 5.74) is 0.282. The van der Waals surface area contributed by atoms with Gasteiger partial charge in [-0.2, -0.15) is 0 Å². The first-order valence-corrected chi connectivity index (χ1v) is 5.34. The monoisotopic (exact) mass is 246 g/mol. The second-order valence-corrected chi connectivity index (χ2v) is 3.96. The van der Waals surface area contributed by atoms with Crippen LogP contribution in [0, 0.1) is 0 Å². The van der Waals surface area contributed by atoms with Gasteiger partial charge in [-0.1, -0.05) is 12.1 Å². The van der Waals surface area contributed by atoms with E-state index in [1.165, 1.54) is 18.2 Å². The summed E-state index contributed by atoms with van der Waals surface area (Å²) in [5, 5.41) is 18.1. The van der Waals surface area contributed by atoms with Crippen LogP contribution in [0.2, 0.25) is 0 Å². The Kier molecular flexibility index (Phi) is 2.97. The van der Waals surface area contributed by atoms with E-state index in [9.17, 15) is 19.5 Å². The lowest BCUT2D eigenvalue weighted by Crippen LogP contribution is -2.17. The lowest BCUT2D eigenvalue weighted by molar-refractivity contribution is -0.136. The van der Waals surface area contributed by atoms with Gasteiger partial charge >= 0.3 is 5.97 Å². The van der Waals surface area contributed by atoms with Crippen LogP contribution in [0.25, 0.3) is 0 Å². The largest absolute Gasteiger partial charge is 0.507 e. The van der Waals surface area contributed by atoms with Crippen molar-refractivity contribution in [3.63, 3.8) is 0 Å². The SMILES string of the molecule is O=C(O)CCC1=CC(=O)c2c(O)cccc2C1=O. The summed E-state index contributed by atoms with van der Waals surface area (Å²) < 4.78 is 0. The first kappa shape index (κ1) is 12.0. The van der Waals surface area contributed by atoms with Crippen LogP contribution in [0.1, 0.15) is 33.6 Å². The number of hydrogen-bond acceptors (Lipinski definition) is 4. The molecule has 92 valence electrons. The molecule has 0 saturated carbocycles. The van der Waals surface area contributed by atoms with E-state index >= 15 is 0 Å². The normalized spacial score (nSPS) is 14.1. The Morgan fingerprint density at radius 2 is 1.94 bits per heavy atom. The van der Waals surface area contributed by atoms with Gasteiger partial charge in [0.25, 0.3) is 0 Å². The highest BCUT2D eigenvalue weighted by Gasteiger charge is 2.27. The van der Waals surface area contributed by atoms with Crippen LogP contribution in [0.15, 0.2) is 29.8 Å². The molecule has 0 aromatic heterocycles. The topological polar surface area (TPSA) is 91.7 Å². The second-order valence-electron chi connectivity index (χ2n) is 3.96. The number of aliphatic carboxylic acids is 1. The summed E-state index contributed by atoms with van der Waals surface area (Å²) >= 11 is 0. The first-order valence-electron chi connectivity index (χ1n) is 5.34. The molecule has 1 aromatic carbocycles. The number of benzene rings is 1. The fourth-order valence-electron chi connectivity index (χ4n) is 1.88. The molecule has 0 heterocycles. The Balaban J connectivity index is 2.38. The smallest absolute Gasteiger partial charge is 0.303 e. The van der Waals surface area contributed by atoms with E-state index in [1.807, 2.05) is 0 Å². The molecule has 18 heavy (non-hydrogen) atoms. The van der Waals surface area contributed by atoms with Gasteiger partial charge in [0, 0.05) is 17.6 Å². The van der Waals surface area contributed by atoms with E-state index < -0.39 is 17.5 Å². The number of carboxylic acid groups (broad SMARTS) is 1. The quantitative estimate of drug-likeness (QED) is 0.844. The molecule has 2 rings (SSSR count). The molecule has 0 bridgehead atoms. The predicted octanol–water partition coefficient (Wildman–Crippen LogP) is 1.56. The second kappa shape index (κ2) is 4.44. The van der Waals surface area contributed by atoms with Crippen molar-refractivity contribution >= 4 is 17.5 Å². The van der Waals surface area contributed by atoms with Gasteiger partial charge in [0.15, 0.2) is 11.6 Å². The molecular weight excluding hydrogens is 236 g/mol. The zero-order valence-electron chi connectivity index (χ0n) is 9.34. The Bertz CT molecular complexity index is 583. The molecule has 0 radical (unpaired) electrons. The Morgan fingerprint density at radius 1 is 1.22 bits per heavy atom. The van der Waals surface area contributed by atoms with Crippen molar-refractivity contribution in [1.29, 1.82) is 0 Å². The maximum Gasteiger partial charge on any atom is 0.303 e. The predicted molar refractivity (Wildman–Crippen MR) is 61.7 cm³/mol. The first-order chi connectivity index (χ1) is 8.50.